The fourth-order valence-electron chi connectivity index (χ4n) is 2.68. The van der Waals surface area contributed by atoms with Crippen LogP contribution >= 0.6 is 11.3 Å². The number of carboxylic acids is 1. The van der Waals surface area contributed by atoms with Gasteiger partial charge in [0.1, 0.15) is 22.5 Å². The third-order valence-corrected chi connectivity index (χ3v) is 5.14. The number of thiazole rings is 1. The molecule has 1 aromatic heterocycles. The Kier molecular flexibility index (Phi) is 5.56. The molecule has 1 unspecified atom stereocenters. The highest BCUT2D eigenvalue weighted by molar-refractivity contribution is 7.13. The van der Waals surface area contributed by atoms with Gasteiger partial charge >= 0.3 is 5.97 Å². The first kappa shape index (κ1) is 18.4. The second-order valence-corrected chi connectivity index (χ2v) is 7.23. The van der Waals surface area contributed by atoms with Crippen LogP contribution in [-0.2, 0) is 4.79 Å². The fraction of sp³-hybridized carbons (Fsp3) is 0.421. The minimum Gasteiger partial charge on any atom is -0.494 e. The molecule has 3 rings (SSSR count). The summed E-state index contributed by atoms with van der Waals surface area (Å²) in [5, 5.41) is 11.7. The second kappa shape index (κ2) is 7.86. The number of hydrogen-bond donors (Lipinski definition) is 1. The Morgan fingerprint density at radius 2 is 2.04 bits per heavy atom. The molecular weight excluding hydrogens is 352 g/mol. The smallest absolute Gasteiger partial charge is 0.326 e. The van der Waals surface area contributed by atoms with Crippen molar-refractivity contribution in [3.8, 4) is 16.3 Å². The SMILES string of the molecule is CCCOc1ccc(-c2nc(C(=O)N(C3CC3)C(C)C(=O)O)cs2)cc1. The predicted molar refractivity (Wildman–Crippen MR) is 99.6 cm³/mol. The van der Waals surface area contributed by atoms with Crippen LogP contribution in [0.3, 0.4) is 0 Å². The molecule has 2 aromatic rings. The zero-order valence-corrected chi connectivity index (χ0v) is 15.7. The van der Waals surface area contributed by atoms with E-state index in [2.05, 4.69) is 11.9 Å². The van der Waals surface area contributed by atoms with Gasteiger partial charge in [0.25, 0.3) is 5.91 Å². The van der Waals surface area contributed by atoms with E-state index in [-0.39, 0.29) is 11.9 Å². The minimum absolute atomic E-state index is 0.00810. The normalized spacial score (nSPS) is 14.7. The average Bonchev–Trinajstić information content (AvgIpc) is 3.34. The van der Waals surface area contributed by atoms with Crippen molar-refractivity contribution in [1.82, 2.24) is 9.88 Å². The third kappa shape index (κ3) is 4.04. The summed E-state index contributed by atoms with van der Waals surface area (Å²) in [6, 6.07) is 6.75. The summed E-state index contributed by atoms with van der Waals surface area (Å²) < 4.78 is 5.57. The quantitative estimate of drug-likeness (QED) is 0.762. The van der Waals surface area contributed by atoms with Crippen molar-refractivity contribution in [3.05, 3.63) is 35.3 Å². The molecule has 0 spiro atoms. The Bertz CT molecular complexity index is 783. The fourth-order valence-corrected chi connectivity index (χ4v) is 3.48. The highest BCUT2D eigenvalue weighted by Crippen LogP contribution is 2.32. The van der Waals surface area contributed by atoms with E-state index in [1.807, 2.05) is 24.3 Å². The first-order valence-electron chi connectivity index (χ1n) is 8.75. The Morgan fingerprint density at radius 1 is 1.35 bits per heavy atom. The molecule has 0 aliphatic heterocycles. The van der Waals surface area contributed by atoms with Crippen molar-refractivity contribution in [1.29, 1.82) is 0 Å². The summed E-state index contributed by atoms with van der Waals surface area (Å²) in [4.78, 5) is 30.0. The van der Waals surface area contributed by atoms with Gasteiger partial charge in [-0.1, -0.05) is 6.92 Å². The highest BCUT2D eigenvalue weighted by Gasteiger charge is 2.39. The molecule has 0 saturated heterocycles. The first-order valence-corrected chi connectivity index (χ1v) is 9.63. The summed E-state index contributed by atoms with van der Waals surface area (Å²) in [7, 11) is 0. The molecular formula is C19H22N2O4S. The number of ether oxygens (including phenoxy) is 1. The summed E-state index contributed by atoms with van der Waals surface area (Å²) in [5.74, 6) is -0.505. The van der Waals surface area contributed by atoms with E-state index in [1.54, 1.807) is 12.3 Å². The van der Waals surface area contributed by atoms with E-state index in [4.69, 9.17) is 4.74 Å². The van der Waals surface area contributed by atoms with Gasteiger partial charge in [-0.3, -0.25) is 4.79 Å². The van der Waals surface area contributed by atoms with Gasteiger partial charge in [0, 0.05) is 17.0 Å². The van der Waals surface area contributed by atoms with E-state index < -0.39 is 12.0 Å². The topological polar surface area (TPSA) is 79.7 Å². The Labute approximate surface area is 156 Å². The lowest BCUT2D eigenvalue weighted by atomic mass is 10.2. The molecule has 26 heavy (non-hydrogen) atoms. The van der Waals surface area contributed by atoms with E-state index in [0.717, 1.165) is 35.6 Å². The van der Waals surface area contributed by atoms with E-state index in [0.29, 0.717) is 12.3 Å². The molecule has 0 bridgehead atoms. The largest absolute Gasteiger partial charge is 0.494 e. The molecule has 1 aromatic carbocycles. The van der Waals surface area contributed by atoms with Gasteiger partial charge in [0.05, 0.1) is 6.61 Å². The monoisotopic (exact) mass is 374 g/mol. The van der Waals surface area contributed by atoms with Gasteiger partial charge < -0.3 is 14.7 Å². The molecule has 1 amide bonds. The molecule has 1 heterocycles. The van der Waals surface area contributed by atoms with Crippen LogP contribution in [0.25, 0.3) is 10.6 Å². The molecule has 1 aliphatic carbocycles. The van der Waals surface area contributed by atoms with Crippen LogP contribution in [0, 0.1) is 0 Å². The molecule has 0 radical (unpaired) electrons. The highest BCUT2D eigenvalue weighted by atomic mass is 32.1. The number of hydrogen-bond acceptors (Lipinski definition) is 5. The molecule has 1 saturated carbocycles. The predicted octanol–water partition coefficient (Wildman–Crippen LogP) is 3.68. The van der Waals surface area contributed by atoms with Gasteiger partial charge in [-0.2, -0.15) is 0 Å². The number of nitrogens with zero attached hydrogens (tertiary/aromatic N) is 2. The standard InChI is InChI=1S/C19H22N2O4S/c1-3-10-25-15-8-4-13(5-9-15)17-20-16(11-26-17)18(22)21(14-6-7-14)12(2)19(23)24/h4-5,8-9,11-12,14H,3,6-7,10H2,1-2H3,(H,23,24). The van der Waals surface area contributed by atoms with Crippen LogP contribution < -0.4 is 4.74 Å². The number of carboxylic acid groups (broad SMARTS) is 1. The number of aliphatic carboxylic acids is 1. The lowest BCUT2D eigenvalue weighted by Crippen LogP contribution is -2.44. The zero-order valence-electron chi connectivity index (χ0n) is 14.8. The molecule has 138 valence electrons. The van der Waals surface area contributed by atoms with Crippen molar-refractivity contribution in [2.45, 2.75) is 45.2 Å². The summed E-state index contributed by atoms with van der Waals surface area (Å²) in [5.41, 5.74) is 1.21. The molecule has 1 atom stereocenters. The van der Waals surface area contributed by atoms with Gasteiger partial charge in [-0.05, 0) is 50.5 Å². The number of benzene rings is 1. The lowest BCUT2D eigenvalue weighted by Gasteiger charge is -2.25. The number of carbonyl (C=O) groups excluding carboxylic acids is 1. The second-order valence-electron chi connectivity index (χ2n) is 6.37. The van der Waals surface area contributed by atoms with Crippen LogP contribution in [-0.4, -0.2) is 45.6 Å². The molecule has 1 N–H and O–H groups in total. The summed E-state index contributed by atoms with van der Waals surface area (Å²) in [6.45, 7) is 4.27. The van der Waals surface area contributed by atoms with Crippen molar-refractivity contribution >= 4 is 23.2 Å². The van der Waals surface area contributed by atoms with E-state index in [9.17, 15) is 14.7 Å². The maximum Gasteiger partial charge on any atom is 0.326 e. The van der Waals surface area contributed by atoms with Gasteiger partial charge in [0.15, 0.2) is 0 Å². The van der Waals surface area contributed by atoms with Crippen LogP contribution in [0.2, 0.25) is 0 Å². The Morgan fingerprint density at radius 3 is 2.62 bits per heavy atom. The molecule has 6 nitrogen and oxygen atoms in total. The van der Waals surface area contributed by atoms with E-state index in [1.165, 1.54) is 16.2 Å². The minimum atomic E-state index is -0.997. The molecule has 1 fully saturated rings. The maximum atomic E-state index is 12.8. The van der Waals surface area contributed by atoms with Crippen molar-refractivity contribution < 1.29 is 19.4 Å². The van der Waals surface area contributed by atoms with Crippen LogP contribution in [0.1, 0.15) is 43.6 Å². The zero-order chi connectivity index (χ0) is 18.7. The Hall–Kier alpha value is -2.41. The van der Waals surface area contributed by atoms with Crippen molar-refractivity contribution in [2.75, 3.05) is 6.61 Å². The summed E-state index contributed by atoms with van der Waals surface area (Å²) in [6.07, 6.45) is 2.64. The summed E-state index contributed by atoms with van der Waals surface area (Å²) >= 11 is 1.38. The molecule has 7 heteroatoms. The van der Waals surface area contributed by atoms with Gasteiger partial charge in [-0.25, -0.2) is 9.78 Å². The third-order valence-electron chi connectivity index (χ3n) is 4.25. The maximum absolute atomic E-state index is 12.8. The lowest BCUT2D eigenvalue weighted by molar-refractivity contribution is -0.141. The van der Waals surface area contributed by atoms with Gasteiger partial charge in [-0.15, -0.1) is 11.3 Å². The first-order chi connectivity index (χ1) is 12.5. The van der Waals surface area contributed by atoms with Crippen molar-refractivity contribution in [3.63, 3.8) is 0 Å². The Balaban J connectivity index is 1.76. The van der Waals surface area contributed by atoms with Crippen LogP contribution in [0.4, 0.5) is 0 Å². The van der Waals surface area contributed by atoms with E-state index >= 15 is 0 Å². The van der Waals surface area contributed by atoms with Crippen molar-refractivity contribution in [2.24, 2.45) is 0 Å². The number of aromatic nitrogens is 1. The van der Waals surface area contributed by atoms with Gasteiger partial charge in [0.2, 0.25) is 0 Å². The number of carbonyl (C=O) groups is 2. The average molecular weight is 374 g/mol. The number of rotatable bonds is 8. The molecule has 1 aliphatic rings. The van der Waals surface area contributed by atoms with Crippen LogP contribution in [0.5, 0.6) is 5.75 Å². The van der Waals surface area contributed by atoms with Crippen LogP contribution in [0.15, 0.2) is 29.6 Å². The number of amides is 1.